The summed E-state index contributed by atoms with van der Waals surface area (Å²) in [5, 5.41) is 0. The van der Waals surface area contributed by atoms with Crippen molar-refractivity contribution >= 4 is 59.1 Å². The number of hydrogen-bond acceptors (Lipinski definition) is 4. The van der Waals surface area contributed by atoms with E-state index < -0.39 is 0 Å². The molecule has 8 heteroatoms. The summed E-state index contributed by atoms with van der Waals surface area (Å²) in [6.07, 6.45) is 0.812. The Labute approximate surface area is 154 Å². The molecule has 1 aromatic rings. The lowest BCUT2D eigenvalue weighted by atomic mass is 10.2. The lowest BCUT2D eigenvalue weighted by Gasteiger charge is -2.26. The maximum atomic E-state index is 11.4. The summed E-state index contributed by atoms with van der Waals surface area (Å²) in [5.74, 6) is 1.02. The third kappa shape index (κ3) is 7.04. The molecule has 23 heavy (non-hydrogen) atoms. The number of rotatable bonds is 10. The van der Waals surface area contributed by atoms with Crippen molar-refractivity contribution in [3.63, 3.8) is 0 Å². The fourth-order valence-corrected chi connectivity index (χ4v) is 2.50. The summed E-state index contributed by atoms with van der Waals surface area (Å²) >= 11 is 11.7. The molecule has 0 unspecified atom stereocenters. The Hall–Kier alpha value is -0.880. The van der Waals surface area contributed by atoms with E-state index in [2.05, 4.69) is 4.90 Å². The minimum absolute atomic E-state index is 0. The SMILES string of the molecule is CN(C)CCN(C=O)c1cc(N(CCCl)CCCl)ccc1N.Cl. The highest BCUT2D eigenvalue weighted by molar-refractivity contribution is 6.18. The van der Waals surface area contributed by atoms with Gasteiger partial charge in [0.05, 0.1) is 11.4 Å². The molecule has 0 aliphatic rings. The van der Waals surface area contributed by atoms with Gasteiger partial charge < -0.3 is 20.4 Å². The second-order valence-corrected chi connectivity index (χ2v) is 5.97. The summed E-state index contributed by atoms with van der Waals surface area (Å²) in [5.41, 5.74) is 8.28. The van der Waals surface area contributed by atoms with E-state index in [1.54, 1.807) is 4.90 Å². The molecule has 5 nitrogen and oxygen atoms in total. The first-order chi connectivity index (χ1) is 10.5. The number of halogens is 3. The van der Waals surface area contributed by atoms with Crippen LogP contribution in [-0.4, -0.2) is 63.3 Å². The number of nitrogen functional groups attached to an aromatic ring is 1. The fraction of sp³-hybridized carbons (Fsp3) is 0.533. The average Bonchev–Trinajstić information content (AvgIpc) is 2.49. The van der Waals surface area contributed by atoms with Crippen LogP contribution in [0.15, 0.2) is 18.2 Å². The number of carbonyl (C=O) groups is 1. The molecule has 0 spiro atoms. The lowest BCUT2D eigenvalue weighted by molar-refractivity contribution is -0.107. The van der Waals surface area contributed by atoms with Crippen LogP contribution >= 0.6 is 35.6 Å². The van der Waals surface area contributed by atoms with Crippen LogP contribution in [0.5, 0.6) is 0 Å². The molecular formula is C15H25Cl3N4O. The summed E-state index contributed by atoms with van der Waals surface area (Å²) in [6, 6.07) is 5.65. The van der Waals surface area contributed by atoms with Gasteiger partial charge in [0.25, 0.3) is 0 Å². The van der Waals surface area contributed by atoms with Gasteiger partial charge in [-0.05, 0) is 32.3 Å². The molecule has 0 aromatic heterocycles. The second kappa shape index (κ2) is 11.6. The molecule has 0 radical (unpaired) electrons. The van der Waals surface area contributed by atoms with Gasteiger partial charge in [-0.15, -0.1) is 35.6 Å². The molecule has 0 saturated heterocycles. The number of amides is 1. The molecule has 2 N–H and O–H groups in total. The number of carbonyl (C=O) groups excluding carboxylic acids is 1. The molecule has 0 heterocycles. The van der Waals surface area contributed by atoms with E-state index in [0.717, 1.165) is 18.6 Å². The highest BCUT2D eigenvalue weighted by Gasteiger charge is 2.13. The Morgan fingerprint density at radius 2 is 1.70 bits per heavy atom. The van der Waals surface area contributed by atoms with E-state index in [1.807, 2.05) is 37.2 Å². The van der Waals surface area contributed by atoms with E-state index in [9.17, 15) is 4.79 Å². The van der Waals surface area contributed by atoms with E-state index in [0.29, 0.717) is 42.8 Å². The summed E-state index contributed by atoms with van der Waals surface area (Å²) in [6.45, 7) is 2.72. The van der Waals surface area contributed by atoms with E-state index in [4.69, 9.17) is 28.9 Å². The van der Waals surface area contributed by atoms with Crippen molar-refractivity contribution in [1.29, 1.82) is 0 Å². The van der Waals surface area contributed by atoms with Gasteiger partial charge in [0.15, 0.2) is 0 Å². The van der Waals surface area contributed by atoms with Crippen molar-refractivity contribution in [2.75, 3.05) is 67.6 Å². The summed E-state index contributed by atoms with van der Waals surface area (Å²) in [7, 11) is 3.93. The van der Waals surface area contributed by atoms with Crippen molar-refractivity contribution in [3.8, 4) is 0 Å². The van der Waals surface area contributed by atoms with Crippen molar-refractivity contribution in [2.45, 2.75) is 0 Å². The Bertz CT molecular complexity index is 468. The molecule has 1 rings (SSSR count). The van der Waals surface area contributed by atoms with Gasteiger partial charge in [0, 0.05) is 43.6 Å². The van der Waals surface area contributed by atoms with Crippen LogP contribution in [0.2, 0.25) is 0 Å². The number of anilines is 3. The number of likely N-dealkylation sites (N-methyl/N-ethyl adjacent to an activating group) is 1. The van der Waals surface area contributed by atoms with Crippen molar-refractivity contribution < 1.29 is 4.79 Å². The van der Waals surface area contributed by atoms with Gasteiger partial charge in [-0.3, -0.25) is 4.79 Å². The number of nitrogens with zero attached hydrogens (tertiary/aromatic N) is 3. The molecule has 0 bridgehead atoms. The highest BCUT2D eigenvalue weighted by atomic mass is 35.5. The Balaban J connectivity index is 0.00000484. The van der Waals surface area contributed by atoms with Crippen LogP contribution < -0.4 is 15.5 Å². The Morgan fingerprint density at radius 3 is 2.17 bits per heavy atom. The number of nitrogens with two attached hydrogens (primary N) is 1. The largest absolute Gasteiger partial charge is 0.397 e. The van der Waals surface area contributed by atoms with Crippen LogP contribution in [0.4, 0.5) is 17.1 Å². The third-order valence-electron chi connectivity index (χ3n) is 3.31. The zero-order valence-electron chi connectivity index (χ0n) is 13.5. The molecule has 0 saturated carbocycles. The standard InChI is InChI=1S/C15H24Cl2N4O.ClH/c1-19(2)9-10-21(12-22)15-11-13(3-4-14(15)18)20(7-5-16)8-6-17;/h3-4,11-12H,5-10,18H2,1-2H3;1H. The van der Waals surface area contributed by atoms with E-state index in [-0.39, 0.29) is 12.4 Å². The van der Waals surface area contributed by atoms with Crippen LogP contribution in [0.25, 0.3) is 0 Å². The zero-order chi connectivity index (χ0) is 16.5. The van der Waals surface area contributed by atoms with Crippen LogP contribution in [0, 0.1) is 0 Å². The highest BCUT2D eigenvalue weighted by Crippen LogP contribution is 2.28. The molecule has 0 aliphatic heterocycles. The van der Waals surface area contributed by atoms with Crippen molar-refractivity contribution in [3.05, 3.63) is 18.2 Å². The van der Waals surface area contributed by atoms with Crippen LogP contribution in [-0.2, 0) is 4.79 Å². The number of benzene rings is 1. The smallest absolute Gasteiger partial charge is 0.214 e. The predicted molar refractivity (Wildman–Crippen MR) is 104 cm³/mol. The van der Waals surface area contributed by atoms with Gasteiger partial charge >= 0.3 is 0 Å². The predicted octanol–water partition coefficient (Wildman–Crippen LogP) is 2.50. The lowest BCUT2D eigenvalue weighted by Crippen LogP contribution is -2.32. The monoisotopic (exact) mass is 382 g/mol. The molecule has 1 amide bonds. The zero-order valence-corrected chi connectivity index (χ0v) is 15.9. The molecule has 0 fully saturated rings. The first kappa shape index (κ1) is 22.1. The first-order valence-electron chi connectivity index (χ1n) is 7.16. The Kier molecular flexibility index (Phi) is 11.2. The van der Waals surface area contributed by atoms with Crippen molar-refractivity contribution in [1.82, 2.24) is 4.90 Å². The number of hydrogen-bond donors (Lipinski definition) is 1. The van der Waals surface area contributed by atoms with Gasteiger partial charge in [0.1, 0.15) is 0 Å². The minimum Gasteiger partial charge on any atom is -0.397 e. The quantitative estimate of drug-likeness (QED) is 0.383. The molecule has 0 aliphatic carbocycles. The molecule has 132 valence electrons. The van der Waals surface area contributed by atoms with Crippen LogP contribution in [0.3, 0.4) is 0 Å². The van der Waals surface area contributed by atoms with Gasteiger partial charge in [-0.25, -0.2) is 0 Å². The minimum atomic E-state index is 0. The van der Waals surface area contributed by atoms with Crippen molar-refractivity contribution in [2.24, 2.45) is 0 Å². The second-order valence-electron chi connectivity index (χ2n) is 5.21. The summed E-state index contributed by atoms with van der Waals surface area (Å²) in [4.78, 5) is 17.1. The average molecular weight is 384 g/mol. The van der Waals surface area contributed by atoms with E-state index >= 15 is 0 Å². The van der Waals surface area contributed by atoms with Gasteiger partial charge in [-0.1, -0.05) is 0 Å². The van der Waals surface area contributed by atoms with Gasteiger partial charge in [-0.2, -0.15) is 0 Å². The normalized spacial score (nSPS) is 10.3. The van der Waals surface area contributed by atoms with E-state index in [1.165, 1.54) is 0 Å². The molecule has 1 aromatic carbocycles. The topological polar surface area (TPSA) is 52.8 Å². The Morgan fingerprint density at radius 1 is 1.09 bits per heavy atom. The maximum Gasteiger partial charge on any atom is 0.214 e. The van der Waals surface area contributed by atoms with Gasteiger partial charge in [0.2, 0.25) is 6.41 Å². The van der Waals surface area contributed by atoms with Crippen LogP contribution in [0.1, 0.15) is 0 Å². The maximum absolute atomic E-state index is 11.4. The third-order valence-corrected chi connectivity index (χ3v) is 3.65. The summed E-state index contributed by atoms with van der Waals surface area (Å²) < 4.78 is 0. The fourth-order valence-electron chi connectivity index (χ4n) is 2.09. The first-order valence-corrected chi connectivity index (χ1v) is 8.23. The molecular weight excluding hydrogens is 359 g/mol. The number of alkyl halides is 2. The molecule has 0 atom stereocenters.